The second-order valence-electron chi connectivity index (χ2n) is 5.16. The van der Waals surface area contributed by atoms with E-state index in [1.165, 1.54) is 17.1 Å². The summed E-state index contributed by atoms with van der Waals surface area (Å²) in [5.41, 5.74) is -0.982. The number of amides is 1. The van der Waals surface area contributed by atoms with E-state index in [9.17, 15) is 28.1 Å². The average molecular weight is 382 g/mol. The van der Waals surface area contributed by atoms with Gasteiger partial charge in [-0.3, -0.25) is 14.9 Å². The molecule has 0 bridgehead atoms. The molecule has 0 spiro atoms. The van der Waals surface area contributed by atoms with Gasteiger partial charge in [-0.05, 0) is 12.1 Å². The summed E-state index contributed by atoms with van der Waals surface area (Å²) >= 11 is 0. The Kier molecular flexibility index (Phi) is 7.20. The molecule has 9 nitrogen and oxygen atoms in total. The lowest BCUT2D eigenvalue weighted by Crippen LogP contribution is -2.35. The zero-order valence-electron chi connectivity index (χ0n) is 14.1. The molecule has 0 fully saturated rings. The number of sulfone groups is 1. The maximum atomic E-state index is 12.0. The number of rotatable bonds is 9. The molecule has 10 heteroatoms. The summed E-state index contributed by atoms with van der Waals surface area (Å²) in [4.78, 5) is 35.0. The SMILES string of the molecule is C=CCN(CC=C)C(=O)COC(=O)c1ccc(S(C)(=O)=O)c([N+](=O)[O-])c1. The molecule has 0 radical (unpaired) electrons. The van der Waals surface area contributed by atoms with Gasteiger partial charge in [-0.25, -0.2) is 13.2 Å². The van der Waals surface area contributed by atoms with Gasteiger partial charge in [-0.15, -0.1) is 13.2 Å². The molecule has 0 saturated carbocycles. The Morgan fingerprint density at radius 3 is 2.31 bits per heavy atom. The largest absolute Gasteiger partial charge is 0.452 e. The summed E-state index contributed by atoms with van der Waals surface area (Å²) in [5, 5.41) is 11.1. The molecular formula is C16H18N2O7S. The molecule has 1 amide bonds. The van der Waals surface area contributed by atoms with E-state index >= 15 is 0 Å². The molecule has 140 valence electrons. The van der Waals surface area contributed by atoms with Gasteiger partial charge in [0.1, 0.15) is 4.90 Å². The van der Waals surface area contributed by atoms with E-state index in [0.29, 0.717) is 0 Å². The zero-order valence-corrected chi connectivity index (χ0v) is 14.9. The van der Waals surface area contributed by atoms with Gasteiger partial charge in [0.05, 0.1) is 10.5 Å². The maximum Gasteiger partial charge on any atom is 0.338 e. The van der Waals surface area contributed by atoms with Gasteiger partial charge in [0.25, 0.3) is 11.6 Å². The summed E-state index contributed by atoms with van der Waals surface area (Å²) in [6.45, 7) is 6.91. The van der Waals surface area contributed by atoms with Crippen molar-refractivity contribution in [2.75, 3.05) is 26.0 Å². The second kappa shape index (κ2) is 8.90. The third-order valence-corrected chi connectivity index (χ3v) is 4.31. The van der Waals surface area contributed by atoms with Crippen molar-refractivity contribution in [2.45, 2.75) is 4.90 Å². The number of benzene rings is 1. The minimum Gasteiger partial charge on any atom is -0.452 e. The number of nitro groups is 1. The average Bonchev–Trinajstić information content (AvgIpc) is 2.57. The molecule has 0 atom stereocenters. The van der Waals surface area contributed by atoms with Crippen molar-refractivity contribution < 1.29 is 27.7 Å². The topological polar surface area (TPSA) is 124 Å². The molecule has 0 aromatic heterocycles. The molecule has 0 saturated heterocycles. The number of carbonyl (C=O) groups is 2. The van der Waals surface area contributed by atoms with E-state index < -0.39 is 43.8 Å². The van der Waals surface area contributed by atoms with Gasteiger partial charge in [-0.2, -0.15) is 0 Å². The number of hydrogen-bond acceptors (Lipinski definition) is 7. The molecule has 1 rings (SSSR count). The number of ether oxygens (including phenoxy) is 1. The fraction of sp³-hybridized carbons (Fsp3) is 0.250. The van der Waals surface area contributed by atoms with Crippen LogP contribution in [-0.2, 0) is 19.4 Å². The Morgan fingerprint density at radius 2 is 1.85 bits per heavy atom. The van der Waals surface area contributed by atoms with Crippen LogP contribution in [0, 0.1) is 10.1 Å². The maximum absolute atomic E-state index is 12.0. The fourth-order valence-electron chi connectivity index (χ4n) is 1.99. The highest BCUT2D eigenvalue weighted by Gasteiger charge is 2.25. The standard InChI is InChI=1S/C16H18N2O7S/c1-4-8-17(9-5-2)15(19)11-25-16(20)12-6-7-14(26(3,23)24)13(10-12)18(21)22/h4-7,10H,1-2,8-9,11H2,3H3. The molecule has 26 heavy (non-hydrogen) atoms. The quantitative estimate of drug-likeness (QED) is 0.273. The zero-order chi connectivity index (χ0) is 19.9. The predicted octanol–water partition coefficient (Wildman–Crippen LogP) is 1.36. The van der Waals surface area contributed by atoms with Crippen LogP contribution in [-0.4, -0.2) is 56.1 Å². The fourth-order valence-corrected chi connectivity index (χ4v) is 2.82. The number of nitro benzene ring substituents is 1. The second-order valence-corrected chi connectivity index (χ2v) is 7.15. The Balaban J connectivity index is 2.96. The summed E-state index contributed by atoms with van der Waals surface area (Å²) in [7, 11) is -3.84. The molecule has 0 N–H and O–H groups in total. The molecule has 0 aliphatic heterocycles. The molecule has 0 heterocycles. The number of hydrogen-bond donors (Lipinski definition) is 0. The highest BCUT2D eigenvalue weighted by Crippen LogP contribution is 2.25. The van der Waals surface area contributed by atoms with Crippen LogP contribution in [0.2, 0.25) is 0 Å². The normalized spacial score (nSPS) is 10.7. The molecule has 1 aromatic rings. The van der Waals surface area contributed by atoms with Crippen molar-refractivity contribution >= 4 is 27.4 Å². The van der Waals surface area contributed by atoms with Crippen LogP contribution in [0.3, 0.4) is 0 Å². The van der Waals surface area contributed by atoms with Gasteiger partial charge in [0, 0.05) is 25.4 Å². The van der Waals surface area contributed by atoms with E-state index in [0.717, 1.165) is 24.5 Å². The summed E-state index contributed by atoms with van der Waals surface area (Å²) in [6.07, 6.45) is 3.81. The van der Waals surface area contributed by atoms with E-state index in [1.54, 1.807) is 0 Å². The lowest BCUT2D eigenvalue weighted by molar-refractivity contribution is -0.387. The van der Waals surface area contributed by atoms with Crippen molar-refractivity contribution in [1.82, 2.24) is 4.90 Å². The van der Waals surface area contributed by atoms with Crippen molar-refractivity contribution in [2.24, 2.45) is 0 Å². The number of nitrogens with zero attached hydrogens (tertiary/aromatic N) is 2. The summed E-state index contributed by atoms with van der Waals surface area (Å²) in [6, 6.07) is 2.84. The van der Waals surface area contributed by atoms with Gasteiger partial charge in [0.15, 0.2) is 16.4 Å². The third-order valence-electron chi connectivity index (χ3n) is 3.17. The van der Waals surface area contributed by atoms with E-state index in [-0.39, 0.29) is 18.7 Å². The monoisotopic (exact) mass is 382 g/mol. The molecule has 0 aliphatic rings. The molecule has 1 aromatic carbocycles. The van der Waals surface area contributed by atoms with Crippen molar-refractivity contribution in [3.8, 4) is 0 Å². The predicted molar refractivity (Wildman–Crippen MR) is 93.5 cm³/mol. The van der Waals surface area contributed by atoms with Crippen molar-refractivity contribution in [3.05, 3.63) is 59.2 Å². The van der Waals surface area contributed by atoms with Gasteiger partial charge in [-0.1, -0.05) is 12.2 Å². The highest BCUT2D eigenvalue weighted by molar-refractivity contribution is 7.90. The molecule has 0 aliphatic carbocycles. The van der Waals surface area contributed by atoms with Gasteiger partial charge < -0.3 is 9.64 Å². The first kappa shape index (κ1) is 21.0. The Morgan fingerprint density at radius 1 is 1.27 bits per heavy atom. The third kappa shape index (κ3) is 5.52. The first-order valence-electron chi connectivity index (χ1n) is 7.27. The van der Waals surface area contributed by atoms with Crippen molar-refractivity contribution in [3.63, 3.8) is 0 Å². The van der Waals surface area contributed by atoms with Crippen LogP contribution < -0.4 is 0 Å². The minimum atomic E-state index is -3.84. The smallest absolute Gasteiger partial charge is 0.338 e. The molecular weight excluding hydrogens is 364 g/mol. The van der Waals surface area contributed by atoms with Crippen molar-refractivity contribution in [1.29, 1.82) is 0 Å². The van der Waals surface area contributed by atoms with Gasteiger partial charge >= 0.3 is 5.97 Å². The first-order chi connectivity index (χ1) is 12.1. The Bertz CT molecular complexity index is 836. The van der Waals surface area contributed by atoms with Crippen LogP contribution in [0.4, 0.5) is 5.69 Å². The van der Waals surface area contributed by atoms with E-state index in [1.807, 2.05) is 0 Å². The van der Waals surface area contributed by atoms with Gasteiger partial charge in [0.2, 0.25) is 0 Å². The van der Waals surface area contributed by atoms with Crippen LogP contribution in [0.25, 0.3) is 0 Å². The van der Waals surface area contributed by atoms with Crippen LogP contribution >= 0.6 is 0 Å². The first-order valence-corrected chi connectivity index (χ1v) is 9.16. The highest BCUT2D eigenvalue weighted by atomic mass is 32.2. The van der Waals surface area contributed by atoms with E-state index in [2.05, 4.69) is 13.2 Å². The lowest BCUT2D eigenvalue weighted by atomic mass is 10.2. The number of esters is 1. The summed E-state index contributed by atoms with van der Waals surface area (Å²) in [5.74, 6) is -1.49. The van der Waals surface area contributed by atoms with E-state index in [4.69, 9.17) is 4.74 Å². The van der Waals surface area contributed by atoms with Crippen LogP contribution in [0.5, 0.6) is 0 Å². The minimum absolute atomic E-state index is 0.233. The summed E-state index contributed by atoms with van der Waals surface area (Å²) < 4.78 is 28.0. The van der Waals surface area contributed by atoms with Crippen LogP contribution in [0.15, 0.2) is 48.4 Å². The molecule has 0 unspecified atom stereocenters. The Labute approximate surface area is 150 Å². The Hall–Kier alpha value is -3.01. The number of carbonyl (C=O) groups excluding carboxylic acids is 2. The van der Waals surface area contributed by atoms with Crippen LogP contribution in [0.1, 0.15) is 10.4 Å². The lowest BCUT2D eigenvalue weighted by Gasteiger charge is -2.18.